The van der Waals surface area contributed by atoms with Crippen molar-refractivity contribution in [2.75, 3.05) is 13.1 Å². The van der Waals surface area contributed by atoms with Crippen molar-refractivity contribution < 1.29 is 38.2 Å². The first kappa shape index (κ1) is 52.6. The molecule has 0 bridgehead atoms. The number of amides is 2. The summed E-state index contributed by atoms with van der Waals surface area (Å²) in [5.74, 6) is -0.879. The van der Waals surface area contributed by atoms with Crippen LogP contribution in [-0.2, 0) is 26.3 Å². The molecule has 1 fully saturated rings. The number of aromatic hydroxyl groups is 1. The molecule has 2 atom stereocenters. The van der Waals surface area contributed by atoms with Crippen molar-refractivity contribution in [1.29, 1.82) is 0 Å². The summed E-state index contributed by atoms with van der Waals surface area (Å²) >= 11 is 0. The summed E-state index contributed by atoms with van der Waals surface area (Å²) in [6.45, 7) is 20.6. The first-order valence-corrected chi connectivity index (χ1v) is 19.0. The Morgan fingerprint density at radius 3 is 2.00 bits per heavy atom. The highest BCUT2D eigenvalue weighted by Crippen LogP contribution is 2.51. The number of benzene rings is 2. The fourth-order valence-electron chi connectivity index (χ4n) is 5.69. The molecule has 1 aliphatic carbocycles. The zero-order valence-electron chi connectivity index (χ0n) is 34.4. The van der Waals surface area contributed by atoms with E-state index in [-0.39, 0.29) is 30.3 Å². The Morgan fingerprint density at radius 1 is 1.00 bits per heavy atom. The minimum Gasteiger partial charge on any atom is -0.508 e. The zero-order chi connectivity index (χ0) is 42.6. The van der Waals surface area contributed by atoms with Crippen LogP contribution in [0.1, 0.15) is 122 Å². The summed E-state index contributed by atoms with van der Waals surface area (Å²) in [4.78, 5) is 44.9. The van der Waals surface area contributed by atoms with Gasteiger partial charge >= 0.3 is 0 Å². The number of phenolic OH excluding ortho intramolecular Hbond substituents is 1. The summed E-state index contributed by atoms with van der Waals surface area (Å²) in [6, 6.07) is 13.4. The summed E-state index contributed by atoms with van der Waals surface area (Å²) < 4.78 is 24.3. The average Bonchev–Trinajstić information content (AvgIpc) is 3.95. The quantitative estimate of drug-likeness (QED) is 0.0984. The molecule has 2 amide bonds. The number of carbonyl (C=O) groups excluding carboxylic acids is 4. The van der Waals surface area contributed by atoms with E-state index in [1.165, 1.54) is 63.3 Å². The van der Waals surface area contributed by atoms with Crippen molar-refractivity contribution in [2.45, 2.75) is 124 Å². The van der Waals surface area contributed by atoms with E-state index < -0.39 is 35.2 Å². The number of nitrogens with two attached hydrogens (primary N) is 1. The number of halogens is 2. The first-order valence-electron chi connectivity index (χ1n) is 19.0. The van der Waals surface area contributed by atoms with E-state index in [2.05, 4.69) is 51.7 Å². The largest absolute Gasteiger partial charge is 0.508 e. The second-order valence-electron chi connectivity index (χ2n) is 13.4. The van der Waals surface area contributed by atoms with E-state index in [0.717, 1.165) is 43.1 Å². The van der Waals surface area contributed by atoms with Crippen LogP contribution in [0.4, 0.5) is 8.78 Å². The lowest BCUT2D eigenvalue weighted by Crippen LogP contribution is -2.54. The molecule has 0 saturated heterocycles. The summed E-state index contributed by atoms with van der Waals surface area (Å²) in [5, 5.41) is 22.8. The van der Waals surface area contributed by atoms with Gasteiger partial charge in [0.05, 0.1) is 17.5 Å². The third-order valence-electron chi connectivity index (χ3n) is 8.45. The third kappa shape index (κ3) is 21.3. The van der Waals surface area contributed by atoms with E-state index >= 15 is 0 Å². The smallest absolute Gasteiger partial charge is 0.252 e. The molecule has 1 unspecified atom stereocenters. The highest BCUT2D eigenvalue weighted by atomic mass is 19.1. The molecule has 0 heterocycles. The van der Waals surface area contributed by atoms with Gasteiger partial charge in [0, 0.05) is 24.7 Å². The molecule has 9 nitrogen and oxygen atoms in total. The van der Waals surface area contributed by atoms with Gasteiger partial charge in [-0.1, -0.05) is 103 Å². The number of hydrogen-bond donors (Lipinski definition) is 4. The van der Waals surface area contributed by atoms with Crippen LogP contribution in [0.5, 0.6) is 5.75 Å². The predicted molar refractivity (Wildman–Crippen MR) is 220 cm³/mol. The normalized spacial score (nSPS) is 13.7. The molecule has 0 radical (unpaired) electrons. The van der Waals surface area contributed by atoms with E-state index in [0.29, 0.717) is 12.0 Å². The van der Waals surface area contributed by atoms with E-state index in [1.54, 1.807) is 24.0 Å². The lowest BCUT2D eigenvalue weighted by atomic mass is 9.97. The maximum atomic E-state index is 13.7. The van der Waals surface area contributed by atoms with Gasteiger partial charge in [0.15, 0.2) is 0 Å². The van der Waals surface area contributed by atoms with Crippen molar-refractivity contribution >= 4 is 24.9 Å². The van der Waals surface area contributed by atoms with Crippen molar-refractivity contribution in [3.05, 3.63) is 101 Å². The van der Waals surface area contributed by atoms with Crippen LogP contribution in [0.2, 0.25) is 0 Å². The Balaban J connectivity index is 0. The maximum Gasteiger partial charge on any atom is 0.252 e. The fraction of sp³-hybridized carbons (Fsp3) is 0.500. The molecule has 2 aromatic rings. The van der Waals surface area contributed by atoms with Crippen LogP contribution < -0.4 is 11.1 Å². The second-order valence-corrected chi connectivity index (χ2v) is 13.4. The molecule has 5 N–H and O–H groups in total. The number of aryl methyl sites for hydroxylation is 1. The van der Waals surface area contributed by atoms with Crippen LogP contribution in [0.3, 0.4) is 0 Å². The number of hydrogen-bond acceptors (Lipinski definition) is 7. The predicted octanol–water partition coefficient (Wildman–Crippen LogP) is 8.83. The Labute approximate surface area is 328 Å². The number of nitrogens with zero attached hydrogens (tertiary/aromatic N) is 1. The number of allylic oxidation sites excluding steroid dienone is 5. The lowest BCUT2D eigenvalue weighted by molar-refractivity contribution is -0.138. The van der Waals surface area contributed by atoms with Gasteiger partial charge in [0.25, 0.3) is 5.91 Å². The van der Waals surface area contributed by atoms with Gasteiger partial charge in [0.1, 0.15) is 30.7 Å². The molecule has 3 rings (SSSR count). The topological polar surface area (TPSA) is 150 Å². The highest BCUT2D eigenvalue weighted by Gasteiger charge is 2.52. The minimum atomic E-state index is -0.856. The van der Waals surface area contributed by atoms with Crippen LogP contribution >= 0.6 is 0 Å². The van der Waals surface area contributed by atoms with Gasteiger partial charge in [-0.2, -0.15) is 0 Å². The standard InChI is InChI=1S/C25H33N3O4.C8H10F2.C8H18.C2H4O.CH2O/c1-3-17-7-5-9-19(13-17)25(11-12-25)28(16-21(30)15-26)24(32)22(4-2)27-23(31)18-8-6-10-20(29)14-18;1-6(2)4-8(10)5-7(3)9;1-4-6-8(3)7-5-2;1-2-3;1-2/h5-10,13-14,21-22,29-30H,3-4,11-12,15-16,26H2,1-2H3,(H,27,31);4-5H,1H2,2-3H3;8H,4-7H2,1-3H3;2H,1H3;1H2/b;7-5+,8-4+;;;/t21-,22?;;;;/m0..../s1. The Morgan fingerprint density at radius 2 is 1.56 bits per heavy atom. The molecule has 2 aromatic carbocycles. The molecule has 0 spiro atoms. The molecule has 11 heteroatoms. The molecule has 308 valence electrons. The van der Waals surface area contributed by atoms with Crippen LogP contribution in [0, 0.1) is 5.92 Å². The number of carbonyl (C=O) groups is 4. The van der Waals surface area contributed by atoms with Crippen LogP contribution in [0.15, 0.2) is 84.5 Å². The molecule has 55 heavy (non-hydrogen) atoms. The fourth-order valence-corrected chi connectivity index (χ4v) is 5.69. The molecule has 0 aromatic heterocycles. The number of phenols is 1. The molecular formula is C44H67F2N3O6. The maximum absolute atomic E-state index is 13.7. The molecular weight excluding hydrogens is 704 g/mol. The van der Waals surface area contributed by atoms with Crippen molar-refractivity contribution in [3.63, 3.8) is 0 Å². The number of aliphatic hydroxyl groups excluding tert-OH is 1. The van der Waals surface area contributed by atoms with E-state index in [4.69, 9.17) is 15.3 Å². The van der Waals surface area contributed by atoms with Gasteiger partial charge < -0.3 is 35.8 Å². The SMILES string of the molecule is C=C(C)/C=C(F)\C=C(/C)F.C=O.CC=O.CCCC(C)CCC.CCc1cccc(C2(N(C[C@@H](O)CN)C(=O)C(CC)NC(=O)c3cccc(O)c3)CC2)c1. The highest BCUT2D eigenvalue weighted by molar-refractivity contribution is 5.98. The van der Waals surface area contributed by atoms with Crippen molar-refractivity contribution in [3.8, 4) is 5.75 Å². The molecule has 1 aliphatic rings. The molecule has 1 saturated carbocycles. The van der Waals surface area contributed by atoms with E-state index in [9.17, 15) is 28.6 Å². The summed E-state index contributed by atoms with van der Waals surface area (Å²) in [5.41, 5.74) is 8.24. The Kier molecular flexibility index (Phi) is 28.5. The van der Waals surface area contributed by atoms with E-state index in [1.807, 2.05) is 25.8 Å². The summed E-state index contributed by atoms with van der Waals surface area (Å²) in [6.07, 6.45) is 10.3. The number of rotatable bonds is 16. The first-order chi connectivity index (χ1) is 26.1. The van der Waals surface area contributed by atoms with Gasteiger partial charge in [-0.3, -0.25) is 9.59 Å². The Bertz CT molecular complexity index is 1480. The molecule has 0 aliphatic heterocycles. The van der Waals surface area contributed by atoms with Crippen molar-refractivity contribution in [1.82, 2.24) is 10.2 Å². The number of nitrogens with one attached hydrogen (secondary N) is 1. The number of aldehydes is 1. The lowest BCUT2D eigenvalue weighted by Gasteiger charge is -2.36. The monoisotopic (exact) mass is 771 g/mol. The van der Waals surface area contributed by atoms with Gasteiger partial charge in [-0.05, 0) is 87.8 Å². The average molecular weight is 772 g/mol. The minimum absolute atomic E-state index is 0.0162. The zero-order valence-corrected chi connectivity index (χ0v) is 34.4. The van der Waals surface area contributed by atoms with Crippen molar-refractivity contribution in [2.24, 2.45) is 11.7 Å². The second kappa shape index (κ2) is 29.8. The third-order valence-corrected chi connectivity index (χ3v) is 8.45. The number of aliphatic hydroxyl groups is 1. The van der Waals surface area contributed by atoms with Crippen LogP contribution in [0.25, 0.3) is 0 Å². The van der Waals surface area contributed by atoms with Crippen LogP contribution in [-0.4, -0.2) is 65.2 Å². The summed E-state index contributed by atoms with van der Waals surface area (Å²) in [7, 11) is 0. The Hall–Kier alpha value is -4.48. The van der Waals surface area contributed by atoms with Gasteiger partial charge in [-0.15, -0.1) is 0 Å². The van der Waals surface area contributed by atoms with Gasteiger partial charge in [-0.25, -0.2) is 8.78 Å². The van der Waals surface area contributed by atoms with Gasteiger partial charge in [0.2, 0.25) is 5.91 Å².